The molecule has 1 aliphatic heterocycles. The van der Waals surface area contributed by atoms with Gasteiger partial charge in [0.25, 0.3) is 0 Å². The number of hydrogen-bond acceptors (Lipinski definition) is 3. The smallest absolute Gasteiger partial charge is 0.315 e. The molecule has 1 aliphatic rings. The van der Waals surface area contributed by atoms with E-state index < -0.39 is 0 Å². The van der Waals surface area contributed by atoms with Crippen molar-refractivity contribution >= 4 is 6.03 Å². The van der Waals surface area contributed by atoms with Gasteiger partial charge >= 0.3 is 6.03 Å². The number of carbonyl (C=O) groups excluding carboxylic acids is 1. The Balaban J connectivity index is 1.70. The summed E-state index contributed by atoms with van der Waals surface area (Å²) in [4.78, 5) is 14.4. The summed E-state index contributed by atoms with van der Waals surface area (Å²) in [7, 11) is 0. The van der Waals surface area contributed by atoms with E-state index in [4.69, 9.17) is 0 Å². The summed E-state index contributed by atoms with van der Waals surface area (Å²) in [5.74, 6) is 0.212. The van der Waals surface area contributed by atoms with E-state index in [9.17, 15) is 14.3 Å². The average Bonchev–Trinajstić information content (AvgIpc) is 2.57. The highest BCUT2D eigenvalue weighted by molar-refractivity contribution is 5.74. The Kier molecular flexibility index (Phi) is 7.65. The van der Waals surface area contributed by atoms with Crippen LogP contribution in [0.5, 0.6) is 0 Å². The molecule has 1 heterocycles. The van der Waals surface area contributed by atoms with Crippen LogP contribution in [0, 0.1) is 11.7 Å². The van der Waals surface area contributed by atoms with E-state index in [1.165, 1.54) is 12.1 Å². The van der Waals surface area contributed by atoms with Crippen LogP contribution in [0.15, 0.2) is 24.3 Å². The van der Waals surface area contributed by atoms with Gasteiger partial charge in [-0.1, -0.05) is 26.0 Å². The summed E-state index contributed by atoms with van der Waals surface area (Å²) in [5.41, 5.74) is 1.10. The fourth-order valence-electron chi connectivity index (χ4n) is 3.24. The maximum Gasteiger partial charge on any atom is 0.315 e. The fraction of sp³-hybridized carbons (Fsp3) is 0.632. The number of amides is 2. The number of benzene rings is 1. The first-order valence-electron chi connectivity index (χ1n) is 9.11. The first-order valence-corrected chi connectivity index (χ1v) is 9.11. The molecule has 1 saturated heterocycles. The maximum atomic E-state index is 12.9. The van der Waals surface area contributed by atoms with Gasteiger partial charge in [0.05, 0.1) is 12.6 Å². The fourth-order valence-corrected chi connectivity index (χ4v) is 3.24. The topological polar surface area (TPSA) is 64.6 Å². The molecule has 5 nitrogen and oxygen atoms in total. The summed E-state index contributed by atoms with van der Waals surface area (Å²) >= 11 is 0. The average molecular weight is 351 g/mol. The first-order chi connectivity index (χ1) is 12.0. The number of halogens is 1. The Labute approximate surface area is 149 Å². The van der Waals surface area contributed by atoms with Crippen LogP contribution in [0.1, 0.15) is 38.7 Å². The molecule has 0 saturated carbocycles. The molecule has 140 valence electrons. The predicted molar refractivity (Wildman–Crippen MR) is 96.7 cm³/mol. The van der Waals surface area contributed by atoms with E-state index in [2.05, 4.69) is 29.4 Å². The molecule has 0 radical (unpaired) electrons. The van der Waals surface area contributed by atoms with Gasteiger partial charge in [-0.15, -0.1) is 0 Å². The second-order valence-corrected chi connectivity index (χ2v) is 7.30. The van der Waals surface area contributed by atoms with Gasteiger partial charge in [0.1, 0.15) is 5.82 Å². The van der Waals surface area contributed by atoms with Crippen LogP contribution in [0.2, 0.25) is 0 Å². The Morgan fingerprint density at radius 3 is 2.48 bits per heavy atom. The summed E-state index contributed by atoms with van der Waals surface area (Å²) in [6.45, 7) is 6.70. The largest absolute Gasteiger partial charge is 0.394 e. The lowest BCUT2D eigenvalue weighted by Gasteiger charge is -2.32. The number of hydrogen-bond donors (Lipinski definition) is 3. The zero-order valence-electron chi connectivity index (χ0n) is 15.2. The molecule has 1 fully saturated rings. The summed E-state index contributed by atoms with van der Waals surface area (Å²) in [6.07, 6.45) is 2.55. The van der Waals surface area contributed by atoms with Gasteiger partial charge < -0.3 is 15.7 Å². The van der Waals surface area contributed by atoms with Crippen molar-refractivity contribution in [2.24, 2.45) is 5.92 Å². The van der Waals surface area contributed by atoms with Gasteiger partial charge in [-0.3, -0.25) is 4.90 Å². The van der Waals surface area contributed by atoms with E-state index in [0.29, 0.717) is 5.92 Å². The molecule has 3 N–H and O–H groups in total. The van der Waals surface area contributed by atoms with Gasteiger partial charge in [-0.2, -0.15) is 0 Å². The molecular weight excluding hydrogens is 321 g/mol. The zero-order chi connectivity index (χ0) is 18.2. The molecule has 1 aromatic carbocycles. The molecule has 2 rings (SSSR count). The van der Waals surface area contributed by atoms with Gasteiger partial charge in [0.2, 0.25) is 0 Å². The van der Waals surface area contributed by atoms with Gasteiger partial charge in [0, 0.05) is 25.7 Å². The van der Waals surface area contributed by atoms with Gasteiger partial charge in [-0.25, -0.2) is 9.18 Å². The van der Waals surface area contributed by atoms with Crippen molar-refractivity contribution in [3.05, 3.63) is 35.6 Å². The van der Waals surface area contributed by atoms with E-state index in [0.717, 1.165) is 44.5 Å². The van der Waals surface area contributed by atoms with E-state index in [1.807, 2.05) is 12.1 Å². The molecule has 0 spiro atoms. The van der Waals surface area contributed by atoms with Gasteiger partial charge in [-0.05, 0) is 42.9 Å². The number of aliphatic hydroxyl groups excluding tert-OH is 1. The minimum absolute atomic E-state index is 0.0400. The summed E-state index contributed by atoms with van der Waals surface area (Å²) in [6, 6.07) is 6.37. The Morgan fingerprint density at radius 1 is 1.28 bits per heavy atom. The van der Waals surface area contributed by atoms with Crippen LogP contribution in [-0.4, -0.2) is 47.8 Å². The normalized spacial score (nSPS) is 17.5. The van der Waals surface area contributed by atoms with Crippen LogP contribution >= 0.6 is 0 Å². The van der Waals surface area contributed by atoms with Crippen LogP contribution < -0.4 is 10.6 Å². The Hall–Kier alpha value is -1.66. The number of piperidine rings is 1. The van der Waals surface area contributed by atoms with Crippen molar-refractivity contribution in [3.63, 3.8) is 0 Å². The van der Waals surface area contributed by atoms with Crippen molar-refractivity contribution in [2.45, 2.75) is 51.7 Å². The minimum atomic E-state index is -0.212. The van der Waals surface area contributed by atoms with Crippen molar-refractivity contribution < 1.29 is 14.3 Å². The van der Waals surface area contributed by atoms with E-state index >= 15 is 0 Å². The number of rotatable bonds is 7. The van der Waals surface area contributed by atoms with Crippen molar-refractivity contribution in [3.8, 4) is 0 Å². The predicted octanol–water partition coefficient (Wildman–Crippen LogP) is 2.50. The molecule has 25 heavy (non-hydrogen) atoms. The third kappa shape index (κ3) is 7.00. The molecule has 6 heteroatoms. The third-order valence-corrected chi connectivity index (χ3v) is 4.55. The van der Waals surface area contributed by atoms with Gasteiger partial charge in [0.15, 0.2) is 0 Å². The first kappa shape index (κ1) is 19.7. The highest BCUT2D eigenvalue weighted by Crippen LogP contribution is 2.14. The maximum absolute atomic E-state index is 12.9. The highest BCUT2D eigenvalue weighted by atomic mass is 19.1. The third-order valence-electron chi connectivity index (χ3n) is 4.55. The van der Waals surface area contributed by atoms with Crippen molar-refractivity contribution in [2.75, 3.05) is 19.7 Å². The number of carbonyl (C=O) groups is 1. The Morgan fingerprint density at radius 2 is 1.92 bits per heavy atom. The minimum Gasteiger partial charge on any atom is -0.394 e. The standard InChI is InChI=1S/C19H30FN3O2/c1-14(2)11-18(13-24)22-19(25)21-17-7-9-23(10-8-17)12-15-3-5-16(20)6-4-15/h3-6,14,17-18,24H,7-13H2,1-2H3,(H2,21,22,25). The van der Waals surface area contributed by atoms with Crippen LogP contribution in [0.4, 0.5) is 9.18 Å². The molecular formula is C19H30FN3O2. The van der Waals surface area contributed by atoms with Crippen molar-refractivity contribution in [1.82, 2.24) is 15.5 Å². The van der Waals surface area contributed by atoms with Crippen LogP contribution in [0.25, 0.3) is 0 Å². The second kappa shape index (κ2) is 9.73. The molecule has 1 unspecified atom stereocenters. The SMILES string of the molecule is CC(C)CC(CO)NC(=O)NC1CCN(Cc2ccc(F)cc2)CC1. The lowest BCUT2D eigenvalue weighted by atomic mass is 10.0. The molecule has 1 aromatic rings. The highest BCUT2D eigenvalue weighted by Gasteiger charge is 2.22. The number of nitrogens with zero attached hydrogens (tertiary/aromatic N) is 1. The summed E-state index contributed by atoms with van der Waals surface area (Å²) in [5, 5.41) is 15.2. The molecule has 0 bridgehead atoms. The lowest BCUT2D eigenvalue weighted by Crippen LogP contribution is -2.50. The number of urea groups is 1. The second-order valence-electron chi connectivity index (χ2n) is 7.30. The quantitative estimate of drug-likeness (QED) is 0.707. The molecule has 1 atom stereocenters. The zero-order valence-corrected chi connectivity index (χ0v) is 15.2. The number of likely N-dealkylation sites (tertiary alicyclic amines) is 1. The molecule has 2 amide bonds. The number of nitrogens with one attached hydrogen (secondary N) is 2. The van der Waals surface area contributed by atoms with Crippen LogP contribution in [-0.2, 0) is 6.54 Å². The van der Waals surface area contributed by atoms with Crippen molar-refractivity contribution in [1.29, 1.82) is 0 Å². The summed E-state index contributed by atoms with van der Waals surface area (Å²) < 4.78 is 12.9. The molecule has 0 aliphatic carbocycles. The lowest BCUT2D eigenvalue weighted by molar-refractivity contribution is 0.179. The van der Waals surface area contributed by atoms with Crippen LogP contribution in [0.3, 0.4) is 0 Å². The molecule has 0 aromatic heterocycles. The monoisotopic (exact) mass is 351 g/mol. The Bertz CT molecular complexity index is 528. The van der Waals surface area contributed by atoms with E-state index in [-0.39, 0.29) is 30.5 Å². The van der Waals surface area contributed by atoms with E-state index in [1.54, 1.807) is 0 Å². The number of aliphatic hydroxyl groups is 1.